The van der Waals surface area contributed by atoms with Crippen molar-refractivity contribution in [1.29, 1.82) is 0 Å². The maximum Gasteiger partial charge on any atom is 0.0346 e. The van der Waals surface area contributed by atoms with Gasteiger partial charge >= 0.3 is 0 Å². The number of hydrogen-bond donors (Lipinski definition) is 0. The van der Waals surface area contributed by atoms with Crippen LogP contribution in [0.5, 0.6) is 0 Å². The van der Waals surface area contributed by atoms with Crippen LogP contribution in [0, 0.1) is 0 Å². The first-order valence-corrected chi connectivity index (χ1v) is 4.43. The smallest absolute Gasteiger partial charge is 0.0346 e. The van der Waals surface area contributed by atoms with Crippen molar-refractivity contribution in [1.82, 2.24) is 4.98 Å². The molecule has 68 valence electrons. The SMILES string of the molecule is C=Cc1cncc(C(C)C)c1C=C. The molecule has 1 aromatic rings. The lowest BCUT2D eigenvalue weighted by Crippen LogP contribution is -1.95. The zero-order valence-corrected chi connectivity index (χ0v) is 8.25. The molecule has 0 amide bonds. The topological polar surface area (TPSA) is 12.9 Å². The third-order valence-corrected chi connectivity index (χ3v) is 2.10. The molecule has 0 N–H and O–H groups in total. The van der Waals surface area contributed by atoms with Crippen molar-refractivity contribution < 1.29 is 0 Å². The number of aromatic nitrogens is 1. The Hall–Kier alpha value is -1.37. The maximum atomic E-state index is 4.17. The van der Waals surface area contributed by atoms with E-state index in [9.17, 15) is 0 Å². The minimum atomic E-state index is 0.473. The fraction of sp³-hybridized carbons (Fsp3) is 0.250. The van der Waals surface area contributed by atoms with E-state index in [2.05, 4.69) is 32.0 Å². The van der Waals surface area contributed by atoms with Crippen molar-refractivity contribution in [2.24, 2.45) is 0 Å². The molecule has 0 fully saturated rings. The maximum absolute atomic E-state index is 4.17. The average molecular weight is 173 g/mol. The Labute approximate surface area is 79.8 Å². The summed E-state index contributed by atoms with van der Waals surface area (Å²) >= 11 is 0. The third kappa shape index (κ3) is 1.86. The van der Waals surface area contributed by atoms with Gasteiger partial charge in [0.05, 0.1) is 0 Å². The lowest BCUT2D eigenvalue weighted by Gasteiger charge is -2.11. The second-order valence-electron chi connectivity index (χ2n) is 3.29. The van der Waals surface area contributed by atoms with Gasteiger partial charge in [-0.15, -0.1) is 0 Å². The molecule has 0 radical (unpaired) electrons. The highest BCUT2D eigenvalue weighted by atomic mass is 14.6. The fourth-order valence-corrected chi connectivity index (χ4v) is 1.36. The molecule has 0 aromatic carbocycles. The van der Waals surface area contributed by atoms with Gasteiger partial charge < -0.3 is 0 Å². The number of nitrogens with zero attached hydrogens (tertiary/aromatic N) is 1. The van der Waals surface area contributed by atoms with Crippen molar-refractivity contribution in [2.45, 2.75) is 19.8 Å². The standard InChI is InChI=1S/C12H15N/c1-5-10-7-13-8-12(9(3)4)11(10)6-2/h5-9H,1-2H2,3-4H3. The van der Waals surface area contributed by atoms with Crippen LogP contribution in [0.15, 0.2) is 25.6 Å². The Kier molecular flexibility index (Phi) is 3.02. The second-order valence-corrected chi connectivity index (χ2v) is 3.29. The first-order valence-electron chi connectivity index (χ1n) is 4.43. The third-order valence-electron chi connectivity index (χ3n) is 2.10. The molecule has 0 saturated carbocycles. The zero-order chi connectivity index (χ0) is 9.84. The van der Waals surface area contributed by atoms with Crippen molar-refractivity contribution >= 4 is 12.2 Å². The molecule has 0 aliphatic rings. The van der Waals surface area contributed by atoms with Gasteiger partial charge in [-0.25, -0.2) is 0 Å². The minimum absolute atomic E-state index is 0.473. The summed E-state index contributed by atoms with van der Waals surface area (Å²) in [4.78, 5) is 4.17. The van der Waals surface area contributed by atoms with Crippen molar-refractivity contribution in [2.75, 3.05) is 0 Å². The van der Waals surface area contributed by atoms with Crippen LogP contribution < -0.4 is 0 Å². The monoisotopic (exact) mass is 173 g/mol. The molecular formula is C12H15N. The predicted octanol–water partition coefficient (Wildman–Crippen LogP) is 3.49. The Morgan fingerprint density at radius 2 is 1.92 bits per heavy atom. The largest absolute Gasteiger partial charge is 0.264 e. The van der Waals surface area contributed by atoms with E-state index in [4.69, 9.17) is 0 Å². The van der Waals surface area contributed by atoms with Gasteiger partial charge in [0.2, 0.25) is 0 Å². The molecule has 0 spiro atoms. The van der Waals surface area contributed by atoms with Gasteiger partial charge in [0.1, 0.15) is 0 Å². The molecule has 13 heavy (non-hydrogen) atoms. The molecular weight excluding hydrogens is 158 g/mol. The van der Waals surface area contributed by atoms with Gasteiger partial charge in [-0.2, -0.15) is 0 Å². The van der Waals surface area contributed by atoms with Crippen LogP contribution in [0.4, 0.5) is 0 Å². The van der Waals surface area contributed by atoms with E-state index in [0.29, 0.717) is 5.92 Å². The lowest BCUT2D eigenvalue weighted by atomic mass is 9.96. The molecule has 1 heteroatoms. The number of pyridine rings is 1. The molecule has 1 aromatic heterocycles. The lowest BCUT2D eigenvalue weighted by molar-refractivity contribution is 0.854. The highest BCUT2D eigenvalue weighted by molar-refractivity contribution is 5.65. The Morgan fingerprint density at radius 1 is 1.23 bits per heavy atom. The highest BCUT2D eigenvalue weighted by Gasteiger charge is 2.06. The van der Waals surface area contributed by atoms with Crippen LogP contribution in [0.25, 0.3) is 12.2 Å². The molecule has 0 aliphatic carbocycles. The van der Waals surface area contributed by atoms with Crippen LogP contribution in [-0.4, -0.2) is 4.98 Å². The van der Waals surface area contributed by atoms with Gasteiger partial charge in [-0.1, -0.05) is 39.2 Å². The Balaban J connectivity index is 3.35. The summed E-state index contributed by atoms with van der Waals surface area (Å²) in [5.41, 5.74) is 3.44. The molecule has 0 unspecified atom stereocenters. The van der Waals surface area contributed by atoms with Crippen LogP contribution in [0.2, 0.25) is 0 Å². The van der Waals surface area contributed by atoms with Crippen LogP contribution in [0.3, 0.4) is 0 Å². The molecule has 0 bridgehead atoms. The summed E-state index contributed by atoms with van der Waals surface area (Å²) in [6.07, 6.45) is 7.40. The van der Waals surface area contributed by atoms with E-state index in [1.54, 1.807) is 0 Å². The zero-order valence-electron chi connectivity index (χ0n) is 8.25. The van der Waals surface area contributed by atoms with E-state index in [1.807, 2.05) is 24.5 Å². The first kappa shape index (κ1) is 9.72. The van der Waals surface area contributed by atoms with Crippen LogP contribution in [-0.2, 0) is 0 Å². The van der Waals surface area contributed by atoms with Crippen LogP contribution >= 0.6 is 0 Å². The van der Waals surface area contributed by atoms with Gasteiger partial charge in [-0.3, -0.25) is 4.98 Å². The summed E-state index contributed by atoms with van der Waals surface area (Å²) in [6, 6.07) is 0. The highest BCUT2D eigenvalue weighted by Crippen LogP contribution is 2.22. The molecule has 1 nitrogen and oxygen atoms in total. The molecule has 1 rings (SSSR count). The summed E-state index contributed by atoms with van der Waals surface area (Å²) in [5.74, 6) is 0.473. The molecule has 0 aliphatic heterocycles. The Morgan fingerprint density at radius 3 is 2.38 bits per heavy atom. The Bertz CT molecular complexity index is 324. The molecule has 1 heterocycles. The van der Waals surface area contributed by atoms with Crippen molar-refractivity contribution in [3.63, 3.8) is 0 Å². The van der Waals surface area contributed by atoms with E-state index < -0.39 is 0 Å². The quantitative estimate of drug-likeness (QED) is 0.681. The number of rotatable bonds is 3. The minimum Gasteiger partial charge on any atom is -0.264 e. The van der Waals surface area contributed by atoms with Crippen molar-refractivity contribution in [3.8, 4) is 0 Å². The summed E-state index contributed by atoms with van der Waals surface area (Å²) in [7, 11) is 0. The predicted molar refractivity (Wildman–Crippen MR) is 58.5 cm³/mol. The van der Waals surface area contributed by atoms with Gasteiger partial charge in [0.25, 0.3) is 0 Å². The molecule has 0 atom stereocenters. The summed E-state index contributed by atoms with van der Waals surface area (Å²) < 4.78 is 0. The van der Waals surface area contributed by atoms with Crippen LogP contribution in [0.1, 0.15) is 36.5 Å². The first-order chi connectivity index (χ1) is 6.20. The van der Waals surface area contributed by atoms with Crippen molar-refractivity contribution in [3.05, 3.63) is 42.2 Å². The fourth-order valence-electron chi connectivity index (χ4n) is 1.36. The summed E-state index contributed by atoms with van der Waals surface area (Å²) in [5, 5.41) is 0. The van der Waals surface area contributed by atoms with E-state index >= 15 is 0 Å². The molecule has 0 saturated heterocycles. The normalized spacial score (nSPS) is 10.1. The number of hydrogen-bond acceptors (Lipinski definition) is 1. The van der Waals surface area contributed by atoms with Gasteiger partial charge in [0, 0.05) is 12.4 Å². The van der Waals surface area contributed by atoms with Gasteiger partial charge in [0.15, 0.2) is 0 Å². The van der Waals surface area contributed by atoms with E-state index in [-0.39, 0.29) is 0 Å². The van der Waals surface area contributed by atoms with Gasteiger partial charge in [-0.05, 0) is 22.6 Å². The second kappa shape index (κ2) is 4.04. The van der Waals surface area contributed by atoms with E-state index in [0.717, 1.165) is 11.1 Å². The summed E-state index contributed by atoms with van der Waals surface area (Å²) in [6.45, 7) is 11.9. The van der Waals surface area contributed by atoms with E-state index in [1.165, 1.54) is 5.56 Å². The average Bonchev–Trinajstić information content (AvgIpc) is 2.16.